The highest BCUT2D eigenvalue weighted by Crippen LogP contribution is 2.44. The van der Waals surface area contributed by atoms with E-state index in [0.717, 1.165) is 50.8 Å². The van der Waals surface area contributed by atoms with Crippen LogP contribution in [0.4, 0.5) is 10.5 Å². The van der Waals surface area contributed by atoms with Crippen molar-refractivity contribution < 1.29 is 19.1 Å². The van der Waals surface area contributed by atoms with Gasteiger partial charge in [-0.25, -0.2) is 9.78 Å². The molecule has 0 atom stereocenters. The molecular formula is C37H45N5O4S. The summed E-state index contributed by atoms with van der Waals surface area (Å²) in [5.74, 6) is 1.10. The molecule has 0 radical (unpaired) electrons. The van der Waals surface area contributed by atoms with Gasteiger partial charge in [-0.15, -0.1) is 11.3 Å². The van der Waals surface area contributed by atoms with E-state index in [1.807, 2.05) is 32.2 Å². The molecule has 9 nitrogen and oxygen atoms in total. The van der Waals surface area contributed by atoms with Gasteiger partial charge in [-0.05, 0) is 79.4 Å². The number of fused-ring (bicyclic) bond motifs is 3. The number of thiophene rings is 1. The smallest absolute Gasteiger partial charge is 0.410 e. The first-order valence-corrected chi connectivity index (χ1v) is 17.2. The molecule has 0 spiro atoms. The summed E-state index contributed by atoms with van der Waals surface area (Å²) in [5, 5.41) is 5.16. The zero-order chi connectivity index (χ0) is 33.5. The van der Waals surface area contributed by atoms with E-state index in [9.17, 15) is 9.59 Å². The monoisotopic (exact) mass is 655 g/mol. The number of methoxy groups -OCH3 is 1. The van der Waals surface area contributed by atoms with Crippen LogP contribution in [0.3, 0.4) is 0 Å². The van der Waals surface area contributed by atoms with Crippen LogP contribution in [-0.2, 0) is 17.7 Å². The van der Waals surface area contributed by atoms with Crippen molar-refractivity contribution >= 4 is 29.0 Å². The fourth-order valence-corrected chi connectivity index (χ4v) is 6.86. The van der Waals surface area contributed by atoms with Crippen molar-refractivity contribution in [2.24, 2.45) is 5.41 Å². The van der Waals surface area contributed by atoms with Gasteiger partial charge in [0, 0.05) is 56.1 Å². The summed E-state index contributed by atoms with van der Waals surface area (Å²) in [6.07, 6.45) is 0.501. The number of carbonyl (C=O) groups is 2. The summed E-state index contributed by atoms with van der Waals surface area (Å²) in [7, 11) is 1.72. The summed E-state index contributed by atoms with van der Waals surface area (Å²) >= 11 is 1.63. The summed E-state index contributed by atoms with van der Waals surface area (Å²) in [6, 6.07) is 16.9. The maximum Gasteiger partial charge on any atom is 0.410 e. The Morgan fingerprint density at radius 3 is 2.36 bits per heavy atom. The van der Waals surface area contributed by atoms with Crippen LogP contribution in [0.25, 0.3) is 33.0 Å². The number of nitrogens with one attached hydrogen (secondary N) is 1. The molecule has 0 bridgehead atoms. The third-order valence-electron chi connectivity index (χ3n) is 8.44. The number of anilines is 1. The predicted octanol–water partition coefficient (Wildman–Crippen LogP) is 7.34. The van der Waals surface area contributed by atoms with Gasteiger partial charge in [0.25, 0.3) is 5.91 Å². The van der Waals surface area contributed by atoms with E-state index in [1.165, 1.54) is 5.56 Å². The fourth-order valence-electron chi connectivity index (χ4n) is 6.15. The van der Waals surface area contributed by atoms with Gasteiger partial charge >= 0.3 is 6.09 Å². The average molecular weight is 656 g/mol. The van der Waals surface area contributed by atoms with Gasteiger partial charge in [-0.1, -0.05) is 39.0 Å². The van der Waals surface area contributed by atoms with Crippen molar-refractivity contribution in [3.63, 3.8) is 0 Å². The molecule has 47 heavy (non-hydrogen) atoms. The first-order chi connectivity index (χ1) is 22.3. The number of hydrogen-bond acceptors (Lipinski definition) is 7. The summed E-state index contributed by atoms with van der Waals surface area (Å²) in [4.78, 5) is 36.2. The molecule has 2 aromatic heterocycles. The summed E-state index contributed by atoms with van der Waals surface area (Å²) < 4.78 is 13.7. The molecule has 2 aromatic carbocycles. The Morgan fingerprint density at radius 1 is 0.936 bits per heavy atom. The Labute approximate surface area is 281 Å². The van der Waals surface area contributed by atoms with Crippen molar-refractivity contribution in [2.45, 2.75) is 60.1 Å². The van der Waals surface area contributed by atoms with Crippen LogP contribution in [0, 0.1) is 5.41 Å². The molecule has 1 fully saturated rings. The van der Waals surface area contributed by atoms with Crippen LogP contribution < -0.4 is 15.0 Å². The minimum absolute atomic E-state index is 0.0399. The third-order valence-corrected chi connectivity index (χ3v) is 9.32. The lowest BCUT2D eigenvalue weighted by atomic mass is 9.91. The van der Waals surface area contributed by atoms with Crippen molar-refractivity contribution in [3.05, 3.63) is 65.3 Å². The van der Waals surface area contributed by atoms with E-state index in [2.05, 4.69) is 78.0 Å². The third kappa shape index (κ3) is 7.02. The molecule has 248 valence electrons. The number of piperazine rings is 1. The lowest BCUT2D eigenvalue weighted by Crippen LogP contribution is -2.50. The molecular weight excluding hydrogens is 611 g/mol. The Bertz CT molecular complexity index is 1770. The molecule has 2 aliphatic rings. The van der Waals surface area contributed by atoms with Gasteiger partial charge < -0.3 is 29.2 Å². The molecule has 2 aliphatic heterocycles. The van der Waals surface area contributed by atoms with E-state index in [4.69, 9.17) is 14.5 Å². The van der Waals surface area contributed by atoms with Crippen LogP contribution in [0.2, 0.25) is 0 Å². The molecule has 0 saturated carbocycles. The van der Waals surface area contributed by atoms with E-state index in [1.54, 1.807) is 23.3 Å². The highest BCUT2D eigenvalue weighted by atomic mass is 32.1. The normalized spacial score (nSPS) is 14.8. The molecule has 10 heteroatoms. The van der Waals surface area contributed by atoms with E-state index >= 15 is 0 Å². The molecule has 6 rings (SSSR count). The first kappa shape index (κ1) is 32.6. The second-order valence-electron chi connectivity index (χ2n) is 14.5. The average Bonchev–Trinajstić information content (AvgIpc) is 3.71. The highest BCUT2D eigenvalue weighted by Gasteiger charge is 2.31. The summed E-state index contributed by atoms with van der Waals surface area (Å²) in [6.45, 7) is 15.8. The number of aryl methyl sites for hydroxylation is 1. The SMILES string of the molecule is COc1cc2c(cc1-c1cccc(N3CCN(C(=O)OC(C)(C)C)CC3)c1)-c1c(-c3cccs3)nc(C(=O)NCC(C)(C)C)n1CC2. The van der Waals surface area contributed by atoms with E-state index in [0.29, 0.717) is 45.1 Å². The minimum Gasteiger partial charge on any atom is -0.496 e. The maximum atomic E-state index is 13.5. The quantitative estimate of drug-likeness (QED) is 0.234. The lowest BCUT2D eigenvalue weighted by Gasteiger charge is -2.37. The first-order valence-electron chi connectivity index (χ1n) is 16.3. The fraction of sp³-hybridized carbons (Fsp3) is 0.432. The Morgan fingerprint density at radius 2 is 1.70 bits per heavy atom. The second kappa shape index (κ2) is 12.7. The van der Waals surface area contributed by atoms with Crippen LogP contribution in [0.15, 0.2) is 53.9 Å². The van der Waals surface area contributed by atoms with Gasteiger partial charge in [-0.3, -0.25) is 4.79 Å². The van der Waals surface area contributed by atoms with E-state index < -0.39 is 5.60 Å². The lowest BCUT2D eigenvalue weighted by molar-refractivity contribution is 0.0240. The van der Waals surface area contributed by atoms with Crippen molar-refractivity contribution in [1.82, 2.24) is 19.8 Å². The Kier molecular flexibility index (Phi) is 8.82. The molecule has 2 amide bonds. The molecule has 1 N–H and O–H groups in total. The van der Waals surface area contributed by atoms with Crippen LogP contribution in [0.5, 0.6) is 5.75 Å². The number of benzene rings is 2. The highest BCUT2D eigenvalue weighted by molar-refractivity contribution is 7.13. The summed E-state index contributed by atoms with van der Waals surface area (Å²) in [5.41, 5.74) is 6.58. The van der Waals surface area contributed by atoms with Crippen molar-refractivity contribution in [2.75, 3.05) is 44.7 Å². The molecule has 4 heterocycles. The zero-order valence-corrected chi connectivity index (χ0v) is 29.3. The number of imidazole rings is 1. The van der Waals surface area contributed by atoms with Gasteiger partial charge in [0.05, 0.1) is 17.7 Å². The second-order valence-corrected chi connectivity index (χ2v) is 15.4. The van der Waals surface area contributed by atoms with Gasteiger partial charge in [0.2, 0.25) is 0 Å². The van der Waals surface area contributed by atoms with Gasteiger partial charge in [0.15, 0.2) is 5.82 Å². The molecule has 0 aliphatic carbocycles. The number of carbonyl (C=O) groups excluding carboxylic acids is 2. The van der Waals surface area contributed by atoms with Crippen LogP contribution in [0.1, 0.15) is 57.7 Å². The Hall–Kier alpha value is -4.31. The van der Waals surface area contributed by atoms with Crippen molar-refractivity contribution in [3.8, 4) is 38.7 Å². The van der Waals surface area contributed by atoms with Gasteiger partial charge in [-0.2, -0.15) is 0 Å². The predicted molar refractivity (Wildman–Crippen MR) is 188 cm³/mol. The van der Waals surface area contributed by atoms with Crippen LogP contribution in [-0.4, -0.2) is 71.9 Å². The van der Waals surface area contributed by atoms with Crippen molar-refractivity contribution in [1.29, 1.82) is 0 Å². The number of amides is 2. The van der Waals surface area contributed by atoms with Gasteiger partial charge in [0.1, 0.15) is 17.0 Å². The maximum absolute atomic E-state index is 13.5. The number of hydrogen-bond donors (Lipinski definition) is 1. The number of nitrogens with zero attached hydrogens (tertiary/aromatic N) is 4. The number of rotatable bonds is 6. The molecule has 1 saturated heterocycles. The standard InChI is InChI=1S/C37H45N5O4S/c1-36(2,3)23-38-34(43)33-39-31(30-12-9-19-47-30)32-28-22-27(29(45-7)21-25(28)13-14-42(32)33)24-10-8-11-26(20-24)40-15-17-41(18-16-40)35(44)46-37(4,5)6/h8-12,19-22H,13-18,23H2,1-7H3,(H,38,43). The van der Waals surface area contributed by atoms with Crippen LogP contribution >= 0.6 is 11.3 Å². The largest absolute Gasteiger partial charge is 0.496 e. The number of aromatic nitrogens is 2. The van der Waals surface area contributed by atoms with E-state index in [-0.39, 0.29) is 17.4 Å². The number of ether oxygens (including phenoxy) is 2. The zero-order valence-electron chi connectivity index (χ0n) is 28.5. The Balaban J connectivity index is 1.34. The topological polar surface area (TPSA) is 88.9 Å². The molecule has 4 aromatic rings. The minimum atomic E-state index is -0.515. The molecule has 0 unspecified atom stereocenters.